The van der Waals surface area contributed by atoms with Crippen LogP contribution >= 0.6 is 0 Å². The van der Waals surface area contributed by atoms with Crippen LogP contribution in [0, 0.1) is 11.3 Å². The molecule has 1 amide bonds. The molecule has 86 valence electrons. The molecule has 3 heteroatoms. The molecule has 0 aromatic heterocycles. The van der Waals surface area contributed by atoms with E-state index in [2.05, 4.69) is 12.1 Å². The summed E-state index contributed by atoms with van der Waals surface area (Å²) in [6.45, 7) is 1.32. The number of nitrogens with zero attached hydrogens (tertiary/aromatic N) is 2. The van der Waals surface area contributed by atoms with Gasteiger partial charge in [0.05, 0.1) is 6.07 Å². The van der Waals surface area contributed by atoms with Crippen LogP contribution in [0.4, 0.5) is 0 Å². The van der Waals surface area contributed by atoms with Crippen molar-refractivity contribution in [2.75, 3.05) is 13.1 Å². The molecule has 0 bridgehead atoms. The molecule has 0 radical (unpaired) electrons. The SMILES string of the molecule is N#CC(C(=O)N1CC=CCC1)c1ccccc1. The highest BCUT2D eigenvalue weighted by Crippen LogP contribution is 2.18. The number of benzene rings is 1. The average Bonchev–Trinajstić information content (AvgIpc) is 2.42. The van der Waals surface area contributed by atoms with E-state index in [4.69, 9.17) is 5.26 Å². The summed E-state index contributed by atoms with van der Waals surface area (Å²) in [5, 5.41) is 9.17. The third kappa shape index (κ3) is 2.54. The molecular formula is C14H14N2O. The Labute approximate surface area is 101 Å². The van der Waals surface area contributed by atoms with Gasteiger partial charge in [-0.3, -0.25) is 4.79 Å². The molecule has 2 rings (SSSR count). The van der Waals surface area contributed by atoms with E-state index in [-0.39, 0.29) is 5.91 Å². The molecule has 0 N–H and O–H groups in total. The maximum atomic E-state index is 12.2. The minimum Gasteiger partial charge on any atom is -0.337 e. The predicted octanol–water partition coefficient (Wildman–Crippen LogP) is 2.08. The summed E-state index contributed by atoms with van der Waals surface area (Å²) in [6, 6.07) is 11.3. The van der Waals surface area contributed by atoms with E-state index in [9.17, 15) is 4.79 Å². The van der Waals surface area contributed by atoms with Gasteiger partial charge in [-0.05, 0) is 12.0 Å². The minimum absolute atomic E-state index is 0.0944. The van der Waals surface area contributed by atoms with Crippen LogP contribution in [0.15, 0.2) is 42.5 Å². The van der Waals surface area contributed by atoms with Gasteiger partial charge >= 0.3 is 0 Å². The second-order valence-electron chi connectivity index (χ2n) is 4.02. The molecule has 0 aliphatic carbocycles. The molecule has 1 aromatic carbocycles. The summed E-state index contributed by atoms with van der Waals surface area (Å²) in [5.74, 6) is -0.772. The number of rotatable bonds is 2. The normalized spacial score (nSPS) is 16.3. The van der Waals surface area contributed by atoms with Gasteiger partial charge in [0.15, 0.2) is 0 Å². The van der Waals surface area contributed by atoms with Crippen molar-refractivity contribution < 1.29 is 4.79 Å². The van der Waals surface area contributed by atoms with Crippen molar-refractivity contribution in [1.29, 1.82) is 5.26 Å². The van der Waals surface area contributed by atoms with Gasteiger partial charge in [-0.15, -0.1) is 0 Å². The van der Waals surface area contributed by atoms with Crippen molar-refractivity contribution in [3.05, 3.63) is 48.0 Å². The largest absolute Gasteiger partial charge is 0.337 e. The molecule has 0 saturated heterocycles. The molecule has 1 aliphatic heterocycles. The lowest BCUT2D eigenvalue weighted by atomic mass is 9.98. The van der Waals surface area contributed by atoms with E-state index < -0.39 is 5.92 Å². The monoisotopic (exact) mass is 226 g/mol. The lowest BCUT2D eigenvalue weighted by molar-refractivity contribution is -0.131. The van der Waals surface area contributed by atoms with Gasteiger partial charge in [-0.2, -0.15) is 5.26 Å². The first-order chi connectivity index (χ1) is 8.33. The maximum Gasteiger partial charge on any atom is 0.244 e. The molecule has 17 heavy (non-hydrogen) atoms. The standard InChI is InChI=1S/C14H14N2O/c15-11-13(12-7-3-1-4-8-12)14(17)16-9-5-2-6-10-16/h1-5,7-8,13H,6,9-10H2. The number of amides is 1. The molecule has 1 unspecified atom stereocenters. The lowest BCUT2D eigenvalue weighted by Crippen LogP contribution is -2.37. The topological polar surface area (TPSA) is 44.1 Å². The fourth-order valence-corrected chi connectivity index (χ4v) is 1.94. The van der Waals surface area contributed by atoms with Crippen LogP contribution in [-0.2, 0) is 4.79 Å². The zero-order valence-corrected chi connectivity index (χ0v) is 9.54. The summed E-state index contributed by atoms with van der Waals surface area (Å²) in [6.07, 6.45) is 4.91. The third-order valence-corrected chi connectivity index (χ3v) is 2.88. The Morgan fingerprint density at radius 1 is 1.29 bits per heavy atom. The van der Waals surface area contributed by atoms with Crippen molar-refractivity contribution in [1.82, 2.24) is 4.90 Å². The second kappa shape index (κ2) is 5.31. The van der Waals surface area contributed by atoms with Gasteiger partial charge in [0.25, 0.3) is 0 Å². The summed E-state index contributed by atoms with van der Waals surface area (Å²) < 4.78 is 0. The molecule has 0 spiro atoms. The Morgan fingerprint density at radius 3 is 2.65 bits per heavy atom. The fourth-order valence-electron chi connectivity index (χ4n) is 1.94. The Bertz CT molecular complexity index is 459. The molecule has 3 nitrogen and oxygen atoms in total. The smallest absolute Gasteiger partial charge is 0.244 e. The van der Waals surface area contributed by atoms with E-state index in [1.165, 1.54) is 0 Å². The zero-order valence-electron chi connectivity index (χ0n) is 9.54. The Kier molecular flexibility index (Phi) is 3.56. The lowest BCUT2D eigenvalue weighted by Gasteiger charge is -2.25. The van der Waals surface area contributed by atoms with Crippen LogP contribution in [0.25, 0.3) is 0 Å². The van der Waals surface area contributed by atoms with Gasteiger partial charge in [-0.1, -0.05) is 42.5 Å². The first kappa shape index (κ1) is 11.4. The first-order valence-corrected chi connectivity index (χ1v) is 5.71. The number of hydrogen-bond donors (Lipinski definition) is 0. The van der Waals surface area contributed by atoms with Crippen molar-refractivity contribution in [2.45, 2.75) is 12.3 Å². The van der Waals surface area contributed by atoms with Crippen LogP contribution in [0.3, 0.4) is 0 Å². The minimum atomic E-state index is -0.678. The van der Waals surface area contributed by atoms with Crippen LogP contribution in [0.2, 0.25) is 0 Å². The highest BCUT2D eigenvalue weighted by Gasteiger charge is 2.25. The van der Waals surface area contributed by atoms with Gasteiger partial charge in [0, 0.05) is 13.1 Å². The zero-order chi connectivity index (χ0) is 12.1. The van der Waals surface area contributed by atoms with E-state index in [0.29, 0.717) is 13.1 Å². The van der Waals surface area contributed by atoms with E-state index in [1.807, 2.05) is 36.4 Å². The number of nitriles is 1. The average molecular weight is 226 g/mol. The summed E-state index contributed by atoms with van der Waals surface area (Å²) in [5.41, 5.74) is 0.773. The van der Waals surface area contributed by atoms with Crippen molar-refractivity contribution in [3.8, 4) is 6.07 Å². The molecule has 1 heterocycles. The molecule has 0 fully saturated rings. The molecule has 0 saturated carbocycles. The van der Waals surface area contributed by atoms with E-state index in [1.54, 1.807) is 4.90 Å². The number of carbonyl (C=O) groups is 1. The highest BCUT2D eigenvalue weighted by atomic mass is 16.2. The van der Waals surface area contributed by atoms with Crippen LogP contribution in [-0.4, -0.2) is 23.9 Å². The van der Waals surface area contributed by atoms with Gasteiger partial charge in [0.1, 0.15) is 5.92 Å². The number of carbonyl (C=O) groups excluding carboxylic acids is 1. The van der Waals surface area contributed by atoms with Crippen LogP contribution in [0.5, 0.6) is 0 Å². The van der Waals surface area contributed by atoms with Gasteiger partial charge < -0.3 is 4.90 Å². The Balaban J connectivity index is 2.17. The Morgan fingerprint density at radius 2 is 2.06 bits per heavy atom. The second-order valence-corrected chi connectivity index (χ2v) is 4.02. The quantitative estimate of drug-likeness (QED) is 0.725. The maximum absolute atomic E-state index is 12.2. The van der Waals surface area contributed by atoms with Gasteiger partial charge in [0.2, 0.25) is 5.91 Å². The Hall–Kier alpha value is -2.08. The van der Waals surface area contributed by atoms with E-state index >= 15 is 0 Å². The fraction of sp³-hybridized carbons (Fsp3) is 0.286. The third-order valence-electron chi connectivity index (χ3n) is 2.88. The number of hydrogen-bond acceptors (Lipinski definition) is 2. The molecule has 1 atom stereocenters. The van der Waals surface area contributed by atoms with Crippen LogP contribution in [0.1, 0.15) is 17.9 Å². The molecular weight excluding hydrogens is 212 g/mol. The summed E-state index contributed by atoms with van der Waals surface area (Å²) in [7, 11) is 0. The van der Waals surface area contributed by atoms with Gasteiger partial charge in [-0.25, -0.2) is 0 Å². The highest BCUT2D eigenvalue weighted by molar-refractivity contribution is 5.86. The van der Waals surface area contributed by atoms with Crippen molar-refractivity contribution >= 4 is 5.91 Å². The van der Waals surface area contributed by atoms with Crippen molar-refractivity contribution in [2.24, 2.45) is 0 Å². The first-order valence-electron chi connectivity index (χ1n) is 5.71. The summed E-state index contributed by atoms with van der Waals surface area (Å²) >= 11 is 0. The summed E-state index contributed by atoms with van der Waals surface area (Å²) in [4.78, 5) is 13.9. The predicted molar refractivity (Wildman–Crippen MR) is 65.1 cm³/mol. The van der Waals surface area contributed by atoms with E-state index in [0.717, 1.165) is 12.0 Å². The molecule has 1 aromatic rings. The molecule has 1 aliphatic rings. The van der Waals surface area contributed by atoms with Crippen LogP contribution < -0.4 is 0 Å². The van der Waals surface area contributed by atoms with Crippen molar-refractivity contribution in [3.63, 3.8) is 0 Å².